The fourth-order valence-corrected chi connectivity index (χ4v) is 4.75. The first-order chi connectivity index (χ1) is 12.8. The van der Waals surface area contributed by atoms with E-state index in [0.29, 0.717) is 18.5 Å². The Balaban J connectivity index is 1.64. The van der Waals surface area contributed by atoms with E-state index in [2.05, 4.69) is 5.32 Å². The number of anilines is 1. The minimum absolute atomic E-state index is 0.205. The molecule has 0 bridgehead atoms. The lowest BCUT2D eigenvalue weighted by Crippen LogP contribution is -2.41. The summed E-state index contributed by atoms with van der Waals surface area (Å²) < 4.78 is 40.3. The molecule has 0 unspecified atom stereocenters. The van der Waals surface area contributed by atoms with Crippen LogP contribution in [0, 0.1) is 25.6 Å². The molecule has 0 aliphatic carbocycles. The molecule has 0 spiro atoms. The SMILES string of the molecule is Cc1ccc(S(=O)(=O)N2CCC(C(=O)Nc3cccc(F)c3)CC2)cc1C. The Morgan fingerprint density at radius 3 is 2.41 bits per heavy atom. The van der Waals surface area contributed by atoms with Gasteiger partial charge in [0.25, 0.3) is 0 Å². The van der Waals surface area contributed by atoms with E-state index in [1.165, 1.54) is 22.5 Å². The van der Waals surface area contributed by atoms with Gasteiger partial charge in [0.05, 0.1) is 4.90 Å². The van der Waals surface area contributed by atoms with Crippen molar-refractivity contribution < 1.29 is 17.6 Å². The molecule has 1 amide bonds. The van der Waals surface area contributed by atoms with Gasteiger partial charge < -0.3 is 5.32 Å². The number of sulfonamides is 1. The highest BCUT2D eigenvalue weighted by molar-refractivity contribution is 7.89. The molecule has 0 atom stereocenters. The predicted molar refractivity (Wildman–Crippen MR) is 102 cm³/mol. The van der Waals surface area contributed by atoms with Crippen molar-refractivity contribution in [1.82, 2.24) is 4.31 Å². The predicted octanol–water partition coefficient (Wildman–Crippen LogP) is 3.48. The van der Waals surface area contributed by atoms with E-state index in [9.17, 15) is 17.6 Å². The Labute approximate surface area is 159 Å². The molecule has 27 heavy (non-hydrogen) atoms. The molecular weight excluding hydrogens is 367 g/mol. The Kier molecular flexibility index (Phi) is 5.62. The number of hydrogen-bond acceptors (Lipinski definition) is 3. The molecule has 0 radical (unpaired) electrons. The zero-order valence-electron chi connectivity index (χ0n) is 15.4. The van der Waals surface area contributed by atoms with Crippen LogP contribution in [0.25, 0.3) is 0 Å². The molecule has 144 valence electrons. The van der Waals surface area contributed by atoms with Gasteiger partial charge in [0, 0.05) is 24.7 Å². The summed E-state index contributed by atoms with van der Waals surface area (Å²) in [4.78, 5) is 12.7. The monoisotopic (exact) mass is 390 g/mol. The fourth-order valence-electron chi connectivity index (χ4n) is 3.19. The van der Waals surface area contributed by atoms with Crippen LogP contribution in [-0.2, 0) is 14.8 Å². The van der Waals surface area contributed by atoms with Gasteiger partial charge in [-0.2, -0.15) is 4.31 Å². The molecule has 0 aromatic heterocycles. The molecule has 2 aromatic carbocycles. The van der Waals surface area contributed by atoms with Gasteiger partial charge in [0.1, 0.15) is 5.82 Å². The van der Waals surface area contributed by atoms with Crippen molar-refractivity contribution in [3.05, 3.63) is 59.4 Å². The Bertz CT molecular complexity index is 951. The van der Waals surface area contributed by atoms with Crippen molar-refractivity contribution in [3.63, 3.8) is 0 Å². The molecule has 1 heterocycles. The number of nitrogens with one attached hydrogen (secondary N) is 1. The molecule has 1 aliphatic rings. The third kappa shape index (κ3) is 4.36. The van der Waals surface area contributed by atoms with E-state index in [-0.39, 0.29) is 29.8 Å². The molecule has 1 fully saturated rings. The van der Waals surface area contributed by atoms with Crippen LogP contribution in [0.2, 0.25) is 0 Å². The second-order valence-electron chi connectivity index (χ2n) is 6.92. The minimum Gasteiger partial charge on any atom is -0.326 e. The van der Waals surface area contributed by atoms with E-state index in [4.69, 9.17) is 0 Å². The van der Waals surface area contributed by atoms with Crippen LogP contribution in [-0.4, -0.2) is 31.7 Å². The van der Waals surface area contributed by atoms with Crippen molar-refractivity contribution in [2.24, 2.45) is 5.92 Å². The summed E-state index contributed by atoms with van der Waals surface area (Å²) in [5, 5.41) is 2.70. The summed E-state index contributed by atoms with van der Waals surface area (Å²) in [6, 6.07) is 10.8. The average Bonchev–Trinajstić information content (AvgIpc) is 2.64. The lowest BCUT2D eigenvalue weighted by molar-refractivity contribution is -0.120. The van der Waals surface area contributed by atoms with Gasteiger partial charge in [-0.05, 0) is 68.1 Å². The molecule has 7 heteroatoms. The van der Waals surface area contributed by atoms with Crippen LogP contribution in [0.4, 0.5) is 10.1 Å². The summed E-state index contributed by atoms with van der Waals surface area (Å²) in [5.41, 5.74) is 2.38. The lowest BCUT2D eigenvalue weighted by Gasteiger charge is -2.30. The highest BCUT2D eigenvalue weighted by Gasteiger charge is 2.32. The number of hydrogen-bond donors (Lipinski definition) is 1. The van der Waals surface area contributed by atoms with Crippen LogP contribution in [0.3, 0.4) is 0 Å². The molecule has 1 saturated heterocycles. The number of nitrogens with zero attached hydrogens (tertiary/aromatic N) is 1. The number of carbonyl (C=O) groups excluding carboxylic acids is 1. The fraction of sp³-hybridized carbons (Fsp3) is 0.350. The zero-order chi connectivity index (χ0) is 19.6. The van der Waals surface area contributed by atoms with Gasteiger partial charge in [-0.25, -0.2) is 12.8 Å². The summed E-state index contributed by atoms with van der Waals surface area (Å²) >= 11 is 0. The van der Waals surface area contributed by atoms with E-state index in [1.807, 2.05) is 13.8 Å². The topological polar surface area (TPSA) is 66.5 Å². The Morgan fingerprint density at radius 1 is 1.07 bits per heavy atom. The third-order valence-corrected chi connectivity index (χ3v) is 6.93. The second kappa shape index (κ2) is 7.78. The molecule has 3 rings (SSSR count). The number of aryl methyl sites for hydroxylation is 2. The standard InChI is InChI=1S/C20H23FN2O3S/c1-14-6-7-19(12-15(14)2)27(25,26)23-10-8-16(9-11-23)20(24)22-18-5-3-4-17(21)13-18/h3-7,12-13,16H,8-11H2,1-2H3,(H,22,24). The summed E-state index contributed by atoms with van der Waals surface area (Å²) in [6.45, 7) is 4.40. The van der Waals surface area contributed by atoms with Crippen LogP contribution in [0.15, 0.2) is 47.4 Å². The molecule has 1 aliphatic heterocycles. The summed E-state index contributed by atoms with van der Waals surface area (Å²) in [5.74, 6) is -0.912. The highest BCUT2D eigenvalue weighted by Crippen LogP contribution is 2.26. The number of halogens is 1. The molecule has 5 nitrogen and oxygen atoms in total. The third-order valence-electron chi connectivity index (χ3n) is 5.03. The van der Waals surface area contributed by atoms with Gasteiger partial charge in [-0.1, -0.05) is 12.1 Å². The highest BCUT2D eigenvalue weighted by atomic mass is 32.2. The zero-order valence-corrected chi connectivity index (χ0v) is 16.2. The number of amides is 1. The van der Waals surface area contributed by atoms with Gasteiger partial charge in [-0.15, -0.1) is 0 Å². The number of rotatable bonds is 4. The van der Waals surface area contributed by atoms with Crippen LogP contribution >= 0.6 is 0 Å². The van der Waals surface area contributed by atoms with Crippen molar-refractivity contribution in [3.8, 4) is 0 Å². The van der Waals surface area contributed by atoms with Crippen molar-refractivity contribution in [2.75, 3.05) is 18.4 Å². The number of piperidine rings is 1. The maximum atomic E-state index is 13.2. The first-order valence-electron chi connectivity index (χ1n) is 8.91. The number of benzene rings is 2. The average molecular weight is 390 g/mol. The van der Waals surface area contributed by atoms with Gasteiger partial charge in [-0.3, -0.25) is 4.79 Å². The van der Waals surface area contributed by atoms with Crippen molar-refractivity contribution in [2.45, 2.75) is 31.6 Å². The summed E-state index contributed by atoms with van der Waals surface area (Å²) in [7, 11) is -3.56. The lowest BCUT2D eigenvalue weighted by atomic mass is 9.97. The van der Waals surface area contributed by atoms with Crippen molar-refractivity contribution in [1.29, 1.82) is 0 Å². The Hall–Kier alpha value is -2.25. The van der Waals surface area contributed by atoms with Gasteiger partial charge in [0.2, 0.25) is 15.9 Å². The normalized spacial score (nSPS) is 16.3. The second-order valence-corrected chi connectivity index (χ2v) is 8.86. The number of carbonyl (C=O) groups is 1. The maximum Gasteiger partial charge on any atom is 0.243 e. The van der Waals surface area contributed by atoms with Crippen LogP contribution < -0.4 is 5.32 Å². The van der Waals surface area contributed by atoms with E-state index < -0.39 is 15.8 Å². The Morgan fingerprint density at radius 2 is 1.78 bits per heavy atom. The van der Waals surface area contributed by atoms with Crippen LogP contribution in [0.1, 0.15) is 24.0 Å². The minimum atomic E-state index is -3.56. The smallest absolute Gasteiger partial charge is 0.243 e. The van der Waals surface area contributed by atoms with E-state index in [0.717, 1.165) is 11.1 Å². The van der Waals surface area contributed by atoms with Gasteiger partial charge in [0.15, 0.2) is 0 Å². The maximum absolute atomic E-state index is 13.2. The quantitative estimate of drug-likeness (QED) is 0.869. The first-order valence-corrected chi connectivity index (χ1v) is 10.4. The van der Waals surface area contributed by atoms with E-state index in [1.54, 1.807) is 24.3 Å². The van der Waals surface area contributed by atoms with E-state index >= 15 is 0 Å². The molecule has 0 saturated carbocycles. The molecule has 2 aromatic rings. The van der Waals surface area contributed by atoms with Crippen molar-refractivity contribution >= 4 is 21.6 Å². The molecule has 1 N–H and O–H groups in total. The first kappa shape index (κ1) is 19.5. The van der Waals surface area contributed by atoms with Crippen LogP contribution in [0.5, 0.6) is 0 Å². The largest absolute Gasteiger partial charge is 0.326 e. The summed E-state index contributed by atoms with van der Waals surface area (Å²) in [6.07, 6.45) is 0.871. The van der Waals surface area contributed by atoms with Gasteiger partial charge >= 0.3 is 0 Å². The molecular formula is C20H23FN2O3S.